The number of carbonyl (C=O) groups excluding carboxylic acids is 2. The Morgan fingerprint density at radius 2 is 2.19 bits per heavy atom. The van der Waals surface area contributed by atoms with Crippen LogP contribution in [-0.4, -0.2) is 19.4 Å². The van der Waals surface area contributed by atoms with E-state index in [9.17, 15) is 9.59 Å². The standard InChI is InChI=1S/C12H14N2O2/c1-14-11-6-5-10(13-8-15)7-9(11)3-2-4-12(14)16/h5-8H,2-4H2,1H3,(H,13,15). The molecule has 0 saturated carbocycles. The van der Waals surface area contributed by atoms with E-state index in [2.05, 4.69) is 5.32 Å². The predicted molar refractivity (Wildman–Crippen MR) is 62.5 cm³/mol. The summed E-state index contributed by atoms with van der Waals surface area (Å²) in [5, 5.41) is 2.62. The normalized spacial score (nSPS) is 15.3. The van der Waals surface area contributed by atoms with Crippen LogP contribution < -0.4 is 10.2 Å². The molecule has 4 heteroatoms. The molecule has 16 heavy (non-hydrogen) atoms. The average molecular weight is 218 g/mol. The molecule has 1 heterocycles. The fraction of sp³-hybridized carbons (Fsp3) is 0.333. The Labute approximate surface area is 94.2 Å². The summed E-state index contributed by atoms with van der Waals surface area (Å²) in [6.07, 6.45) is 2.98. The fourth-order valence-corrected chi connectivity index (χ4v) is 2.00. The predicted octanol–water partition coefficient (Wildman–Crippen LogP) is 1.55. The van der Waals surface area contributed by atoms with Crippen LogP contribution in [-0.2, 0) is 16.0 Å². The van der Waals surface area contributed by atoms with Gasteiger partial charge in [-0.25, -0.2) is 0 Å². The van der Waals surface area contributed by atoms with E-state index in [1.54, 1.807) is 11.9 Å². The molecule has 0 aliphatic carbocycles. The smallest absolute Gasteiger partial charge is 0.226 e. The first-order valence-electron chi connectivity index (χ1n) is 5.32. The largest absolute Gasteiger partial charge is 0.329 e. The number of nitrogens with zero attached hydrogens (tertiary/aromatic N) is 1. The van der Waals surface area contributed by atoms with Crippen LogP contribution in [0, 0.1) is 0 Å². The van der Waals surface area contributed by atoms with Gasteiger partial charge in [0.05, 0.1) is 0 Å². The Bertz CT molecular complexity index is 429. The molecule has 1 aliphatic rings. The molecule has 1 aromatic rings. The summed E-state index contributed by atoms with van der Waals surface area (Å²) in [6, 6.07) is 5.62. The highest BCUT2D eigenvalue weighted by Crippen LogP contribution is 2.28. The van der Waals surface area contributed by atoms with E-state index in [0.29, 0.717) is 12.8 Å². The number of hydrogen-bond donors (Lipinski definition) is 1. The summed E-state index contributed by atoms with van der Waals surface area (Å²) in [6.45, 7) is 0. The highest BCUT2D eigenvalue weighted by molar-refractivity contribution is 5.94. The van der Waals surface area contributed by atoms with Crippen molar-refractivity contribution in [2.75, 3.05) is 17.3 Å². The van der Waals surface area contributed by atoms with E-state index in [-0.39, 0.29) is 5.91 Å². The molecule has 2 rings (SSSR count). The first kappa shape index (κ1) is 10.7. The van der Waals surface area contributed by atoms with Crippen LogP contribution in [0.15, 0.2) is 18.2 Å². The molecule has 0 atom stereocenters. The number of nitrogens with one attached hydrogen (secondary N) is 1. The maximum absolute atomic E-state index is 11.6. The van der Waals surface area contributed by atoms with Gasteiger partial charge >= 0.3 is 0 Å². The topological polar surface area (TPSA) is 49.4 Å². The molecule has 84 valence electrons. The van der Waals surface area contributed by atoms with Gasteiger partial charge in [0, 0.05) is 24.8 Å². The molecular weight excluding hydrogens is 204 g/mol. The summed E-state index contributed by atoms with van der Waals surface area (Å²) in [4.78, 5) is 23.7. The van der Waals surface area contributed by atoms with Crippen LogP contribution in [0.1, 0.15) is 18.4 Å². The van der Waals surface area contributed by atoms with Crippen LogP contribution in [0.5, 0.6) is 0 Å². The van der Waals surface area contributed by atoms with Crippen molar-refractivity contribution in [1.29, 1.82) is 0 Å². The van der Waals surface area contributed by atoms with Crippen molar-refractivity contribution in [1.82, 2.24) is 0 Å². The second-order valence-electron chi connectivity index (χ2n) is 3.91. The Morgan fingerprint density at radius 1 is 1.38 bits per heavy atom. The molecule has 2 amide bonds. The van der Waals surface area contributed by atoms with Crippen LogP contribution in [0.4, 0.5) is 11.4 Å². The van der Waals surface area contributed by atoms with Crippen molar-refractivity contribution < 1.29 is 9.59 Å². The van der Waals surface area contributed by atoms with Gasteiger partial charge in [-0.2, -0.15) is 0 Å². The fourth-order valence-electron chi connectivity index (χ4n) is 2.00. The van der Waals surface area contributed by atoms with Crippen molar-refractivity contribution >= 4 is 23.7 Å². The number of amides is 2. The van der Waals surface area contributed by atoms with Crippen LogP contribution in [0.3, 0.4) is 0 Å². The third-order valence-corrected chi connectivity index (χ3v) is 2.88. The summed E-state index contributed by atoms with van der Waals surface area (Å²) in [5.41, 5.74) is 2.83. The minimum absolute atomic E-state index is 0.148. The van der Waals surface area contributed by atoms with Crippen molar-refractivity contribution in [3.05, 3.63) is 23.8 Å². The highest BCUT2D eigenvalue weighted by atomic mass is 16.2. The zero-order valence-corrected chi connectivity index (χ0v) is 9.19. The Balaban J connectivity index is 2.39. The number of aryl methyl sites for hydroxylation is 1. The maximum Gasteiger partial charge on any atom is 0.226 e. The molecule has 0 aromatic heterocycles. The van der Waals surface area contributed by atoms with Gasteiger partial charge in [-0.15, -0.1) is 0 Å². The lowest BCUT2D eigenvalue weighted by molar-refractivity contribution is -0.118. The second kappa shape index (κ2) is 4.35. The minimum Gasteiger partial charge on any atom is -0.329 e. The summed E-state index contributed by atoms with van der Waals surface area (Å²) >= 11 is 0. The molecule has 1 N–H and O–H groups in total. The lowest BCUT2D eigenvalue weighted by Crippen LogP contribution is -2.24. The molecule has 1 aliphatic heterocycles. The molecule has 0 bridgehead atoms. The van der Waals surface area contributed by atoms with E-state index in [0.717, 1.165) is 29.8 Å². The van der Waals surface area contributed by atoms with Gasteiger partial charge in [-0.3, -0.25) is 9.59 Å². The van der Waals surface area contributed by atoms with Gasteiger partial charge in [-0.1, -0.05) is 0 Å². The summed E-state index contributed by atoms with van der Waals surface area (Å²) in [5.74, 6) is 0.148. The first-order chi connectivity index (χ1) is 7.72. The maximum atomic E-state index is 11.6. The quantitative estimate of drug-likeness (QED) is 0.766. The lowest BCUT2D eigenvalue weighted by atomic mass is 10.1. The molecule has 0 saturated heterocycles. The van der Waals surface area contributed by atoms with Gasteiger partial charge in [0.25, 0.3) is 0 Å². The van der Waals surface area contributed by atoms with E-state index < -0.39 is 0 Å². The number of fused-ring (bicyclic) bond motifs is 1. The SMILES string of the molecule is CN1C(=O)CCCc2cc(NC=O)ccc21. The molecule has 0 unspecified atom stereocenters. The van der Waals surface area contributed by atoms with Crippen molar-refractivity contribution in [2.24, 2.45) is 0 Å². The van der Waals surface area contributed by atoms with Gasteiger partial charge in [0.2, 0.25) is 12.3 Å². The summed E-state index contributed by atoms with van der Waals surface area (Å²) < 4.78 is 0. The zero-order valence-electron chi connectivity index (χ0n) is 9.19. The van der Waals surface area contributed by atoms with Crippen LogP contribution in [0.25, 0.3) is 0 Å². The van der Waals surface area contributed by atoms with Gasteiger partial charge in [0.1, 0.15) is 0 Å². The molecule has 0 radical (unpaired) electrons. The first-order valence-corrected chi connectivity index (χ1v) is 5.32. The highest BCUT2D eigenvalue weighted by Gasteiger charge is 2.18. The van der Waals surface area contributed by atoms with E-state index in [1.165, 1.54) is 0 Å². The number of carbonyl (C=O) groups is 2. The molecule has 4 nitrogen and oxygen atoms in total. The molecule has 1 aromatic carbocycles. The molecular formula is C12H14N2O2. The molecule has 0 fully saturated rings. The Kier molecular flexibility index (Phi) is 2.90. The third-order valence-electron chi connectivity index (χ3n) is 2.88. The van der Waals surface area contributed by atoms with Crippen molar-refractivity contribution in [3.8, 4) is 0 Å². The number of anilines is 2. The Hall–Kier alpha value is -1.84. The lowest BCUT2D eigenvalue weighted by Gasteiger charge is -2.17. The van der Waals surface area contributed by atoms with Gasteiger partial charge < -0.3 is 10.2 Å². The van der Waals surface area contributed by atoms with E-state index in [4.69, 9.17) is 0 Å². The second-order valence-corrected chi connectivity index (χ2v) is 3.91. The van der Waals surface area contributed by atoms with Gasteiger partial charge in [-0.05, 0) is 36.6 Å². The summed E-state index contributed by atoms with van der Waals surface area (Å²) in [7, 11) is 1.79. The average Bonchev–Trinajstić information content (AvgIpc) is 2.41. The van der Waals surface area contributed by atoms with E-state index >= 15 is 0 Å². The number of benzene rings is 1. The van der Waals surface area contributed by atoms with Gasteiger partial charge in [0.15, 0.2) is 0 Å². The van der Waals surface area contributed by atoms with Crippen LogP contribution in [0.2, 0.25) is 0 Å². The van der Waals surface area contributed by atoms with Crippen molar-refractivity contribution in [2.45, 2.75) is 19.3 Å². The zero-order chi connectivity index (χ0) is 11.5. The van der Waals surface area contributed by atoms with Crippen molar-refractivity contribution in [3.63, 3.8) is 0 Å². The van der Waals surface area contributed by atoms with Crippen LogP contribution >= 0.6 is 0 Å². The third kappa shape index (κ3) is 1.91. The molecule has 0 spiro atoms. The number of hydrogen-bond acceptors (Lipinski definition) is 2. The monoisotopic (exact) mass is 218 g/mol. The minimum atomic E-state index is 0.148. The Morgan fingerprint density at radius 3 is 2.94 bits per heavy atom. The number of rotatable bonds is 2. The van der Waals surface area contributed by atoms with E-state index in [1.807, 2.05) is 18.2 Å².